The van der Waals surface area contributed by atoms with Gasteiger partial charge in [-0.05, 0) is 42.0 Å². The van der Waals surface area contributed by atoms with Crippen molar-refractivity contribution in [2.75, 3.05) is 11.9 Å². The monoisotopic (exact) mass is 358 g/mol. The molecule has 0 saturated carbocycles. The number of benzene rings is 2. The number of nitrogens with zero attached hydrogens (tertiary/aromatic N) is 2. The normalized spacial score (nSPS) is 17.7. The van der Waals surface area contributed by atoms with Crippen LogP contribution in [0.15, 0.2) is 70.2 Å². The van der Waals surface area contributed by atoms with Crippen LogP contribution in [0.5, 0.6) is 0 Å². The van der Waals surface area contributed by atoms with E-state index in [1.54, 1.807) is 30.5 Å². The molecule has 1 heterocycles. The Morgan fingerprint density at radius 2 is 1.76 bits per heavy atom. The Labute approximate surface area is 151 Å². The minimum Gasteiger partial charge on any atom is -0.347 e. The van der Waals surface area contributed by atoms with Gasteiger partial charge < -0.3 is 4.90 Å². The molecule has 2 nitrogen and oxygen atoms in total. The first kappa shape index (κ1) is 17.7. The zero-order chi connectivity index (χ0) is 18.0. The SMILES string of the molecule is CN1/C(=C/C=Nc2ccc(SC(F)F)cc2)C(C)(C)c2ccccc21. The maximum Gasteiger partial charge on any atom is 0.288 e. The lowest BCUT2D eigenvalue weighted by Crippen LogP contribution is -2.22. The summed E-state index contributed by atoms with van der Waals surface area (Å²) in [4.78, 5) is 7.15. The zero-order valence-corrected chi connectivity index (χ0v) is 15.2. The zero-order valence-electron chi connectivity index (χ0n) is 14.4. The number of rotatable bonds is 4. The highest BCUT2D eigenvalue weighted by atomic mass is 32.2. The summed E-state index contributed by atoms with van der Waals surface area (Å²) in [7, 11) is 2.06. The molecule has 1 aliphatic rings. The molecule has 0 N–H and O–H groups in total. The van der Waals surface area contributed by atoms with Crippen molar-refractivity contribution in [3.63, 3.8) is 0 Å². The van der Waals surface area contributed by atoms with Gasteiger partial charge in [0.1, 0.15) is 0 Å². The summed E-state index contributed by atoms with van der Waals surface area (Å²) in [5, 5.41) is 0. The van der Waals surface area contributed by atoms with Gasteiger partial charge in [-0.2, -0.15) is 8.78 Å². The molecule has 5 heteroatoms. The van der Waals surface area contributed by atoms with E-state index in [1.807, 2.05) is 12.1 Å². The summed E-state index contributed by atoms with van der Waals surface area (Å²) in [6.07, 6.45) is 3.79. The van der Waals surface area contributed by atoms with Gasteiger partial charge in [-0.15, -0.1) is 0 Å². The molecule has 0 aromatic heterocycles. The van der Waals surface area contributed by atoms with Crippen LogP contribution in [0.25, 0.3) is 0 Å². The Morgan fingerprint density at radius 1 is 1.08 bits per heavy atom. The molecule has 25 heavy (non-hydrogen) atoms. The van der Waals surface area contributed by atoms with Crippen molar-refractivity contribution >= 4 is 29.4 Å². The second-order valence-corrected chi connectivity index (χ2v) is 7.47. The molecule has 3 rings (SSSR count). The fourth-order valence-electron chi connectivity index (χ4n) is 3.21. The Morgan fingerprint density at radius 3 is 2.40 bits per heavy atom. The molecule has 0 aliphatic carbocycles. The van der Waals surface area contributed by atoms with Crippen molar-refractivity contribution in [2.45, 2.75) is 29.9 Å². The molecule has 0 saturated heterocycles. The largest absolute Gasteiger partial charge is 0.347 e. The summed E-state index contributed by atoms with van der Waals surface area (Å²) in [5.41, 5.74) is 4.33. The summed E-state index contributed by atoms with van der Waals surface area (Å²) in [6.45, 7) is 4.40. The first-order valence-corrected chi connectivity index (χ1v) is 8.90. The number of para-hydroxylation sites is 1. The smallest absolute Gasteiger partial charge is 0.288 e. The summed E-state index contributed by atoms with van der Waals surface area (Å²) < 4.78 is 24.7. The van der Waals surface area contributed by atoms with Gasteiger partial charge >= 0.3 is 0 Å². The molecule has 2 aromatic rings. The molecule has 0 atom stereocenters. The molecule has 0 bridgehead atoms. The number of alkyl halides is 2. The van der Waals surface area contributed by atoms with Crippen molar-refractivity contribution in [3.8, 4) is 0 Å². The van der Waals surface area contributed by atoms with Crippen LogP contribution >= 0.6 is 11.8 Å². The van der Waals surface area contributed by atoms with Gasteiger partial charge in [0.05, 0.1) is 5.69 Å². The average Bonchev–Trinajstić information content (AvgIpc) is 2.77. The lowest BCUT2D eigenvalue weighted by Gasteiger charge is -2.23. The van der Waals surface area contributed by atoms with Crippen molar-refractivity contribution in [1.29, 1.82) is 0 Å². The first-order chi connectivity index (χ1) is 11.9. The molecule has 0 radical (unpaired) electrons. The second kappa shape index (κ2) is 7.00. The van der Waals surface area contributed by atoms with Gasteiger partial charge in [-0.25, -0.2) is 0 Å². The number of likely N-dealkylation sites (N-methyl/N-ethyl adjacent to an activating group) is 1. The third-order valence-electron chi connectivity index (χ3n) is 4.46. The topological polar surface area (TPSA) is 15.6 Å². The quantitative estimate of drug-likeness (QED) is 0.491. The minimum absolute atomic E-state index is 0.0882. The van der Waals surface area contributed by atoms with Crippen LogP contribution in [0.2, 0.25) is 0 Å². The van der Waals surface area contributed by atoms with Crippen LogP contribution in [0.4, 0.5) is 20.2 Å². The first-order valence-electron chi connectivity index (χ1n) is 8.02. The van der Waals surface area contributed by atoms with Crippen LogP contribution in [0.1, 0.15) is 19.4 Å². The lowest BCUT2D eigenvalue weighted by molar-refractivity contribution is 0.252. The van der Waals surface area contributed by atoms with E-state index in [-0.39, 0.29) is 5.41 Å². The van der Waals surface area contributed by atoms with Gasteiger partial charge in [-0.1, -0.05) is 43.8 Å². The van der Waals surface area contributed by atoms with E-state index in [0.29, 0.717) is 16.7 Å². The molecular formula is C20H20F2N2S. The van der Waals surface area contributed by atoms with E-state index in [4.69, 9.17) is 0 Å². The van der Waals surface area contributed by atoms with E-state index < -0.39 is 5.76 Å². The fourth-order valence-corrected chi connectivity index (χ4v) is 3.71. The third kappa shape index (κ3) is 3.61. The maximum absolute atomic E-state index is 12.3. The highest BCUT2D eigenvalue weighted by molar-refractivity contribution is 7.99. The molecule has 130 valence electrons. The van der Waals surface area contributed by atoms with Crippen molar-refractivity contribution < 1.29 is 8.78 Å². The number of aliphatic imine (C=N–C) groups is 1. The highest BCUT2D eigenvalue weighted by Gasteiger charge is 2.37. The Kier molecular flexibility index (Phi) is 4.95. The Balaban J connectivity index is 1.79. The minimum atomic E-state index is -2.40. The molecule has 0 fully saturated rings. The number of allylic oxidation sites excluding steroid dienone is 2. The van der Waals surface area contributed by atoms with Crippen LogP contribution in [-0.2, 0) is 5.41 Å². The lowest BCUT2D eigenvalue weighted by atomic mass is 9.84. The van der Waals surface area contributed by atoms with Crippen LogP contribution in [0, 0.1) is 0 Å². The Bertz CT molecular complexity index is 811. The summed E-state index contributed by atoms with van der Waals surface area (Å²) in [5.74, 6) is -2.40. The van der Waals surface area contributed by atoms with Gasteiger partial charge in [0.15, 0.2) is 0 Å². The number of halogens is 2. The number of hydrogen-bond acceptors (Lipinski definition) is 3. The highest BCUT2D eigenvalue weighted by Crippen LogP contribution is 2.46. The van der Waals surface area contributed by atoms with Gasteiger partial charge in [-0.3, -0.25) is 4.99 Å². The van der Waals surface area contributed by atoms with E-state index >= 15 is 0 Å². The van der Waals surface area contributed by atoms with Crippen LogP contribution in [-0.4, -0.2) is 19.0 Å². The molecule has 0 amide bonds. The standard InChI is InChI=1S/C20H20F2N2S/c1-20(2)16-6-4-5-7-17(16)24(3)18(20)12-13-23-14-8-10-15(11-9-14)25-19(21)22/h4-13,19H,1-3H3/b18-12+,23-13?. The third-order valence-corrected chi connectivity index (χ3v) is 5.18. The number of hydrogen-bond donors (Lipinski definition) is 0. The molecular weight excluding hydrogens is 338 g/mol. The van der Waals surface area contributed by atoms with Crippen molar-refractivity contribution in [1.82, 2.24) is 0 Å². The van der Waals surface area contributed by atoms with E-state index in [2.05, 4.69) is 49.0 Å². The molecule has 1 aliphatic heterocycles. The molecule has 2 aromatic carbocycles. The molecule has 0 unspecified atom stereocenters. The number of thioether (sulfide) groups is 1. The van der Waals surface area contributed by atoms with Gasteiger partial charge in [0, 0.05) is 35.0 Å². The van der Waals surface area contributed by atoms with Crippen molar-refractivity contribution in [3.05, 3.63) is 65.9 Å². The van der Waals surface area contributed by atoms with Gasteiger partial charge in [0.25, 0.3) is 5.76 Å². The average molecular weight is 358 g/mol. The summed E-state index contributed by atoms with van der Waals surface area (Å²) >= 11 is 0.541. The second-order valence-electron chi connectivity index (χ2n) is 6.40. The van der Waals surface area contributed by atoms with E-state index in [9.17, 15) is 8.78 Å². The predicted molar refractivity (Wildman–Crippen MR) is 102 cm³/mol. The van der Waals surface area contributed by atoms with E-state index in [0.717, 1.165) is 5.69 Å². The van der Waals surface area contributed by atoms with Crippen molar-refractivity contribution in [2.24, 2.45) is 4.99 Å². The molecule has 0 spiro atoms. The maximum atomic E-state index is 12.3. The Hall–Kier alpha value is -2.14. The summed E-state index contributed by atoms with van der Waals surface area (Å²) in [6, 6.07) is 15.2. The number of fused-ring (bicyclic) bond motifs is 1. The van der Waals surface area contributed by atoms with E-state index in [1.165, 1.54) is 16.9 Å². The van der Waals surface area contributed by atoms with Crippen LogP contribution in [0.3, 0.4) is 0 Å². The predicted octanol–water partition coefficient (Wildman–Crippen LogP) is 6.02. The fraction of sp³-hybridized carbons (Fsp3) is 0.250. The number of anilines is 1. The van der Waals surface area contributed by atoms with Crippen LogP contribution < -0.4 is 4.90 Å². The van der Waals surface area contributed by atoms with Gasteiger partial charge in [0.2, 0.25) is 0 Å².